The second-order valence-electron chi connectivity index (χ2n) is 7.00. The van der Waals surface area contributed by atoms with Crippen LogP contribution in [0.1, 0.15) is 39.0 Å². The van der Waals surface area contributed by atoms with Crippen LogP contribution in [-0.4, -0.2) is 37.8 Å². The number of nitrogens with one attached hydrogen (secondary N) is 1. The van der Waals surface area contributed by atoms with E-state index < -0.39 is 0 Å². The van der Waals surface area contributed by atoms with Crippen molar-refractivity contribution in [3.05, 3.63) is 0 Å². The summed E-state index contributed by atoms with van der Waals surface area (Å²) in [6.45, 7) is 2.71. The summed E-state index contributed by atoms with van der Waals surface area (Å²) >= 11 is 0. The number of carbonyl (C=O) groups is 1. The molecule has 4 rings (SSSR count). The van der Waals surface area contributed by atoms with E-state index >= 15 is 0 Å². The highest BCUT2D eigenvalue weighted by Crippen LogP contribution is 2.59. The van der Waals surface area contributed by atoms with Gasteiger partial charge in [0.25, 0.3) is 0 Å². The Hall–Kier alpha value is -1.10. The Morgan fingerprint density at radius 3 is 2.33 bits per heavy atom. The summed E-state index contributed by atoms with van der Waals surface area (Å²) in [5, 5.41) is 6.72. The van der Waals surface area contributed by atoms with Crippen molar-refractivity contribution in [3.63, 3.8) is 0 Å². The SMILES string of the molecule is CC1(OC(=O)COCCOC=N)C2CC3CC(C2)CC1C3. The van der Waals surface area contributed by atoms with Crippen LogP contribution >= 0.6 is 0 Å². The van der Waals surface area contributed by atoms with Crippen LogP contribution in [0, 0.1) is 29.1 Å². The third-order valence-corrected chi connectivity index (χ3v) is 5.74. The van der Waals surface area contributed by atoms with E-state index in [2.05, 4.69) is 6.92 Å². The van der Waals surface area contributed by atoms with Gasteiger partial charge in [-0.2, -0.15) is 0 Å². The summed E-state index contributed by atoms with van der Waals surface area (Å²) in [5.74, 6) is 2.56. The highest BCUT2D eigenvalue weighted by Gasteiger charge is 2.56. The highest BCUT2D eigenvalue weighted by molar-refractivity contribution is 5.71. The van der Waals surface area contributed by atoms with Crippen LogP contribution in [-0.2, 0) is 19.0 Å². The van der Waals surface area contributed by atoms with Crippen LogP contribution in [0.2, 0.25) is 0 Å². The second-order valence-corrected chi connectivity index (χ2v) is 7.00. The van der Waals surface area contributed by atoms with Crippen molar-refractivity contribution in [2.75, 3.05) is 19.8 Å². The molecule has 4 saturated carbocycles. The summed E-state index contributed by atoms with van der Waals surface area (Å²) in [7, 11) is 0. The lowest BCUT2D eigenvalue weighted by Gasteiger charge is -2.59. The first kappa shape index (κ1) is 14.8. The van der Waals surface area contributed by atoms with Crippen molar-refractivity contribution in [1.82, 2.24) is 0 Å². The quantitative estimate of drug-likeness (QED) is 0.339. The number of rotatable bonds is 7. The van der Waals surface area contributed by atoms with E-state index in [0.717, 1.165) is 18.2 Å². The number of hydrogen-bond acceptors (Lipinski definition) is 5. The van der Waals surface area contributed by atoms with E-state index in [9.17, 15) is 4.79 Å². The minimum atomic E-state index is -0.278. The molecule has 0 atom stereocenters. The molecule has 0 aromatic rings. The van der Waals surface area contributed by atoms with Crippen molar-refractivity contribution >= 4 is 12.4 Å². The predicted molar refractivity (Wildman–Crippen MR) is 77.1 cm³/mol. The summed E-state index contributed by atoms with van der Waals surface area (Å²) in [6, 6.07) is 0. The largest absolute Gasteiger partial charge is 0.481 e. The van der Waals surface area contributed by atoms with E-state index in [1.165, 1.54) is 32.1 Å². The first-order chi connectivity index (χ1) is 10.1. The number of hydrogen-bond donors (Lipinski definition) is 1. The van der Waals surface area contributed by atoms with Gasteiger partial charge in [0.15, 0.2) is 6.40 Å². The molecule has 4 aliphatic rings. The zero-order valence-corrected chi connectivity index (χ0v) is 12.7. The lowest BCUT2D eigenvalue weighted by atomic mass is 9.50. The minimum Gasteiger partial charge on any atom is -0.481 e. The maximum atomic E-state index is 12.0. The van der Waals surface area contributed by atoms with E-state index in [4.69, 9.17) is 19.6 Å². The molecule has 1 N–H and O–H groups in total. The molecule has 0 heterocycles. The lowest BCUT2D eigenvalue weighted by Crippen LogP contribution is -2.58. The van der Waals surface area contributed by atoms with Gasteiger partial charge < -0.3 is 14.2 Å². The van der Waals surface area contributed by atoms with Crippen LogP contribution < -0.4 is 0 Å². The summed E-state index contributed by atoms with van der Waals surface area (Å²) < 4.78 is 15.8. The molecule has 0 aromatic carbocycles. The molecule has 118 valence electrons. The third-order valence-electron chi connectivity index (χ3n) is 5.74. The molecule has 4 aliphatic carbocycles. The monoisotopic (exact) mass is 295 g/mol. The average molecular weight is 295 g/mol. The zero-order valence-electron chi connectivity index (χ0n) is 12.7. The van der Waals surface area contributed by atoms with Crippen LogP contribution in [0.4, 0.5) is 0 Å². The molecule has 0 aliphatic heterocycles. The van der Waals surface area contributed by atoms with Crippen LogP contribution in [0.15, 0.2) is 0 Å². The van der Waals surface area contributed by atoms with Gasteiger partial charge in [-0.1, -0.05) is 0 Å². The number of esters is 1. The molecule has 0 unspecified atom stereocenters. The standard InChI is InChI=1S/C16H25NO4/c1-16(21-15(18)9-19-2-3-20-10-17)13-5-11-4-12(7-13)8-14(16)6-11/h10-14,17H,2-9H2,1H3. The van der Waals surface area contributed by atoms with Gasteiger partial charge in [-0.3, -0.25) is 5.41 Å². The van der Waals surface area contributed by atoms with Crippen molar-refractivity contribution in [2.45, 2.75) is 44.6 Å². The first-order valence-corrected chi connectivity index (χ1v) is 8.02. The normalized spacial score (nSPS) is 40.0. The lowest BCUT2D eigenvalue weighted by molar-refractivity contribution is -0.206. The number of carbonyl (C=O) groups excluding carboxylic acids is 1. The molecular formula is C16H25NO4. The molecule has 21 heavy (non-hydrogen) atoms. The Kier molecular flexibility index (Phi) is 4.20. The molecular weight excluding hydrogens is 270 g/mol. The molecule has 0 spiro atoms. The van der Waals surface area contributed by atoms with Gasteiger partial charge in [-0.25, -0.2) is 4.79 Å². The maximum Gasteiger partial charge on any atom is 0.332 e. The Morgan fingerprint density at radius 2 is 1.76 bits per heavy atom. The second kappa shape index (κ2) is 5.95. The van der Waals surface area contributed by atoms with Crippen LogP contribution in [0.3, 0.4) is 0 Å². The van der Waals surface area contributed by atoms with Crippen molar-refractivity contribution in [2.24, 2.45) is 23.7 Å². The van der Waals surface area contributed by atoms with E-state index in [-0.39, 0.29) is 18.2 Å². The Morgan fingerprint density at radius 1 is 1.14 bits per heavy atom. The molecule has 0 aromatic heterocycles. The predicted octanol–water partition coefficient (Wildman–Crippen LogP) is 2.38. The Labute approximate surface area is 125 Å². The topological polar surface area (TPSA) is 68.6 Å². The molecule has 5 nitrogen and oxygen atoms in total. The van der Waals surface area contributed by atoms with E-state index in [0.29, 0.717) is 25.0 Å². The molecule has 5 heteroatoms. The van der Waals surface area contributed by atoms with Crippen molar-refractivity contribution in [3.8, 4) is 0 Å². The van der Waals surface area contributed by atoms with E-state index in [1.54, 1.807) is 0 Å². The van der Waals surface area contributed by atoms with E-state index in [1.807, 2.05) is 0 Å². The third kappa shape index (κ3) is 2.93. The fourth-order valence-electron chi connectivity index (χ4n) is 4.88. The van der Waals surface area contributed by atoms with Crippen LogP contribution in [0.25, 0.3) is 0 Å². The fraction of sp³-hybridized carbons (Fsp3) is 0.875. The van der Waals surface area contributed by atoms with Crippen molar-refractivity contribution < 1.29 is 19.0 Å². The number of ether oxygens (including phenoxy) is 3. The Balaban J connectivity index is 1.49. The molecule has 4 fully saturated rings. The van der Waals surface area contributed by atoms with Gasteiger partial charge in [0.2, 0.25) is 0 Å². The first-order valence-electron chi connectivity index (χ1n) is 8.02. The fourth-order valence-corrected chi connectivity index (χ4v) is 4.88. The average Bonchev–Trinajstić information content (AvgIpc) is 2.44. The zero-order chi connectivity index (χ0) is 14.9. The molecule has 4 bridgehead atoms. The summed E-state index contributed by atoms with van der Waals surface area (Å²) in [5.41, 5.74) is -0.278. The molecule has 0 radical (unpaired) electrons. The summed E-state index contributed by atoms with van der Waals surface area (Å²) in [4.78, 5) is 12.0. The van der Waals surface area contributed by atoms with Gasteiger partial charge in [-0.05, 0) is 62.7 Å². The van der Waals surface area contributed by atoms with Gasteiger partial charge in [-0.15, -0.1) is 0 Å². The van der Waals surface area contributed by atoms with Gasteiger partial charge in [0.05, 0.1) is 6.61 Å². The van der Waals surface area contributed by atoms with Crippen LogP contribution in [0.5, 0.6) is 0 Å². The molecule has 0 saturated heterocycles. The molecule has 0 amide bonds. The van der Waals surface area contributed by atoms with Crippen molar-refractivity contribution in [1.29, 1.82) is 5.41 Å². The van der Waals surface area contributed by atoms with Gasteiger partial charge in [0, 0.05) is 0 Å². The Bertz CT molecular complexity index is 381. The highest BCUT2D eigenvalue weighted by atomic mass is 16.6. The minimum absolute atomic E-state index is 0.0246. The van der Waals surface area contributed by atoms with Gasteiger partial charge >= 0.3 is 5.97 Å². The van der Waals surface area contributed by atoms with Gasteiger partial charge in [0.1, 0.15) is 18.8 Å². The summed E-state index contributed by atoms with van der Waals surface area (Å²) in [6.07, 6.45) is 7.18. The smallest absolute Gasteiger partial charge is 0.332 e. The maximum absolute atomic E-state index is 12.0.